The zero-order valence-electron chi connectivity index (χ0n) is 15.5. The lowest BCUT2D eigenvalue weighted by Crippen LogP contribution is -2.27. The molecule has 0 radical (unpaired) electrons. The van der Waals surface area contributed by atoms with Gasteiger partial charge < -0.3 is 18.5 Å². The van der Waals surface area contributed by atoms with Crippen LogP contribution < -0.4 is 10.3 Å². The van der Waals surface area contributed by atoms with Crippen LogP contribution in [-0.2, 0) is 11.8 Å². The van der Waals surface area contributed by atoms with Gasteiger partial charge in [0, 0.05) is 37.8 Å². The van der Waals surface area contributed by atoms with Crippen LogP contribution in [0.4, 0.5) is 8.78 Å². The lowest BCUT2D eigenvalue weighted by molar-refractivity contribution is 0.0257. The molecule has 0 saturated carbocycles. The molecule has 0 atom stereocenters. The first-order valence-electron chi connectivity index (χ1n) is 9.05. The molecule has 0 aliphatic carbocycles. The number of aryl methyl sites for hydroxylation is 1. The third kappa shape index (κ3) is 4.02. The first-order chi connectivity index (χ1) is 14.0. The Morgan fingerprint density at radius 2 is 2.03 bits per heavy atom. The SMILES string of the molecule is Cn1ccc(OC2CCOCC2)c(-c2cc(-c3nnc(C(F)F)o3)ccn2)c1=O. The fourth-order valence-corrected chi connectivity index (χ4v) is 3.06. The molecule has 1 fully saturated rings. The van der Waals surface area contributed by atoms with E-state index in [1.165, 1.54) is 16.8 Å². The maximum Gasteiger partial charge on any atom is 0.314 e. The van der Waals surface area contributed by atoms with Crippen LogP contribution in [0.3, 0.4) is 0 Å². The van der Waals surface area contributed by atoms with Gasteiger partial charge in [0.25, 0.3) is 11.4 Å². The lowest BCUT2D eigenvalue weighted by Gasteiger charge is -2.24. The van der Waals surface area contributed by atoms with Crippen LogP contribution in [0.5, 0.6) is 5.75 Å². The van der Waals surface area contributed by atoms with Crippen LogP contribution in [0.15, 0.2) is 39.8 Å². The van der Waals surface area contributed by atoms with Crippen molar-refractivity contribution in [3.8, 4) is 28.5 Å². The molecule has 4 rings (SSSR count). The second-order valence-electron chi connectivity index (χ2n) is 6.58. The zero-order valence-corrected chi connectivity index (χ0v) is 15.5. The van der Waals surface area contributed by atoms with E-state index in [-0.39, 0.29) is 23.1 Å². The Morgan fingerprint density at radius 1 is 1.24 bits per heavy atom. The maximum atomic E-state index is 12.8. The molecule has 10 heteroatoms. The average Bonchev–Trinajstić information content (AvgIpc) is 3.23. The Kier molecular flexibility index (Phi) is 5.34. The Labute approximate surface area is 164 Å². The van der Waals surface area contributed by atoms with E-state index in [1.807, 2.05) is 0 Å². The standard InChI is InChI=1S/C19H18F2N4O4/c1-25-7-3-14(28-12-4-8-27-9-5-12)15(19(25)26)13-10-11(2-6-22-13)17-23-24-18(29-17)16(20)21/h2-3,6-7,10,12,16H,4-5,8-9H2,1H3. The number of nitrogens with zero attached hydrogens (tertiary/aromatic N) is 4. The normalized spacial score (nSPS) is 15.0. The monoisotopic (exact) mass is 404 g/mol. The van der Waals surface area contributed by atoms with E-state index in [0.29, 0.717) is 30.2 Å². The molecule has 0 bridgehead atoms. The molecular formula is C19H18F2N4O4. The van der Waals surface area contributed by atoms with Gasteiger partial charge in [0.1, 0.15) is 17.4 Å². The van der Waals surface area contributed by atoms with Crippen molar-refractivity contribution in [1.82, 2.24) is 19.7 Å². The highest BCUT2D eigenvalue weighted by molar-refractivity contribution is 5.70. The van der Waals surface area contributed by atoms with Gasteiger partial charge >= 0.3 is 6.43 Å². The number of hydrogen-bond donors (Lipinski definition) is 0. The van der Waals surface area contributed by atoms with E-state index in [9.17, 15) is 13.6 Å². The summed E-state index contributed by atoms with van der Waals surface area (Å²) in [5.41, 5.74) is 0.676. The van der Waals surface area contributed by atoms with Gasteiger partial charge in [-0.25, -0.2) is 0 Å². The minimum Gasteiger partial charge on any atom is -0.489 e. The molecule has 0 aromatic carbocycles. The van der Waals surface area contributed by atoms with Gasteiger partial charge in [-0.2, -0.15) is 8.78 Å². The van der Waals surface area contributed by atoms with Crippen LogP contribution in [0, 0.1) is 0 Å². The van der Waals surface area contributed by atoms with Crippen molar-refractivity contribution < 1.29 is 22.7 Å². The van der Waals surface area contributed by atoms with Crippen molar-refractivity contribution in [3.05, 3.63) is 46.8 Å². The van der Waals surface area contributed by atoms with E-state index in [1.54, 1.807) is 25.4 Å². The van der Waals surface area contributed by atoms with Crippen molar-refractivity contribution in [2.24, 2.45) is 7.05 Å². The van der Waals surface area contributed by atoms with Gasteiger partial charge in [-0.3, -0.25) is 9.78 Å². The molecule has 1 saturated heterocycles. The number of halogens is 2. The molecule has 0 N–H and O–H groups in total. The molecule has 1 aliphatic heterocycles. The Hall–Kier alpha value is -3.14. The molecule has 29 heavy (non-hydrogen) atoms. The van der Waals surface area contributed by atoms with Crippen LogP contribution in [0.1, 0.15) is 25.2 Å². The van der Waals surface area contributed by atoms with Gasteiger partial charge in [0.15, 0.2) is 0 Å². The van der Waals surface area contributed by atoms with Gasteiger partial charge in [-0.15, -0.1) is 10.2 Å². The Bertz CT molecular complexity index is 1060. The molecule has 0 spiro atoms. The average molecular weight is 404 g/mol. The van der Waals surface area contributed by atoms with E-state index in [2.05, 4.69) is 15.2 Å². The summed E-state index contributed by atoms with van der Waals surface area (Å²) in [6, 6.07) is 4.79. The largest absolute Gasteiger partial charge is 0.489 e. The van der Waals surface area contributed by atoms with Crippen LogP contribution in [0.25, 0.3) is 22.7 Å². The van der Waals surface area contributed by atoms with Gasteiger partial charge in [-0.05, 0) is 18.2 Å². The predicted octanol–water partition coefficient (Wildman–Crippen LogP) is 2.99. The van der Waals surface area contributed by atoms with Crippen molar-refractivity contribution in [1.29, 1.82) is 0 Å². The summed E-state index contributed by atoms with van der Waals surface area (Å²) in [5, 5.41) is 6.98. The number of pyridine rings is 2. The molecular weight excluding hydrogens is 386 g/mol. The lowest BCUT2D eigenvalue weighted by atomic mass is 10.1. The van der Waals surface area contributed by atoms with Gasteiger partial charge in [-0.1, -0.05) is 0 Å². The van der Waals surface area contributed by atoms with Crippen molar-refractivity contribution >= 4 is 0 Å². The fourth-order valence-electron chi connectivity index (χ4n) is 3.06. The highest BCUT2D eigenvalue weighted by Gasteiger charge is 2.22. The predicted molar refractivity (Wildman–Crippen MR) is 97.6 cm³/mol. The molecule has 8 nitrogen and oxygen atoms in total. The summed E-state index contributed by atoms with van der Waals surface area (Å²) < 4.78 is 43.3. The Balaban J connectivity index is 1.73. The summed E-state index contributed by atoms with van der Waals surface area (Å²) in [6.45, 7) is 1.20. The topological polar surface area (TPSA) is 92.3 Å². The highest BCUT2D eigenvalue weighted by atomic mass is 19.3. The second kappa shape index (κ2) is 8.08. The van der Waals surface area contributed by atoms with E-state index < -0.39 is 12.3 Å². The quantitative estimate of drug-likeness (QED) is 0.645. The second-order valence-corrected chi connectivity index (χ2v) is 6.58. The summed E-state index contributed by atoms with van der Waals surface area (Å²) in [7, 11) is 1.63. The molecule has 152 valence electrons. The first kappa shape index (κ1) is 19.2. The molecule has 1 aliphatic rings. The summed E-state index contributed by atoms with van der Waals surface area (Å²) in [6.07, 6.45) is 1.58. The number of hydrogen-bond acceptors (Lipinski definition) is 7. The first-order valence-corrected chi connectivity index (χ1v) is 9.05. The third-order valence-corrected chi connectivity index (χ3v) is 4.58. The molecule has 4 heterocycles. The number of aromatic nitrogens is 4. The highest BCUT2D eigenvalue weighted by Crippen LogP contribution is 2.30. The smallest absolute Gasteiger partial charge is 0.314 e. The zero-order chi connectivity index (χ0) is 20.4. The summed E-state index contributed by atoms with van der Waals surface area (Å²) in [5.74, 6) is -0.440. The molecule has 3 aromatic heterocycles. The minimum atomic E-state index is -2.86. The van der Waals surface area contributed by atoms with Crippen LogP contribution in [0.2, 0.25) is 0 Å². The number of rotatable bonds is 5. The van der Waals surface area contributed by atoms with Crippen molar-refractivity contribution in [2.75, 3.05) is 13.2 Å². The maximum absolute atomic E-state index is 12.8. The molecule has 0 unspecified atom stereocenters. The fraction of sp³-hybridized carbons (Fsp3) is 0.368. The van der Waals surface area contributed by atoms with Crippen LogP contribution >= 0.6 is 0 Å². The van der Waals surface area contributed by atoms with Gasteiger partial charge in [0.05, 0.1) is 18.9 Å². The summed E-state index contributed by atoms with van der Waals surface area (Å²) in [4.78, 5) is 17.1. The molecule has 0 amide bonds. The molecule has 3 aromatic rings. The number of ether oxygens (including phenoxy) is 2. The van der Waals surface area contributed by atoms with E-state index in [4.69, 9.17) is 13.9 Å². The Morgan fingerprint density at radius 3 is 2.76 bits per heavy atom. The number of alkyl halides is 2. The van der Waals surface area contributed by atoms with Crippen molar-refractivity contribution in [3.63, 3.8) is 0 Å². The van der Waals surface area contributed by atoms with Gasteiger partial charge in [0.2, 0.25) is 5.89 Å². The van der Waals surface area contributed by atoms with E-state index >= 15 is 0 Å². The third-order valence-electron chi connectivity index (χ3n) is 4.58. The summed E-state index contributed by atoms with van der Waals surface area (Å²) >= 11 is 0. The van der Waals surface area contributed by atoms with Crippen molar-refractivity contribution in [2.45, 2.75) is 25.4 Å². The van der Waals surface area contributed by atoms with E-state index in [0.717, 1.165) is 12.8 Å². The minimum absolute atomic E-state index is 0.0673. The van der Waals surface area contributed by atoms with Crippen LogP contribution in [-0.4, -0.2) is 39.1 Å².